The van der Waals surface area contributed by atoms with Crippen LogP contribution in [0.3, 0.4) is 0 Å². The number of rotatable bonds is 2. The SMILES string of the molecule is CNC1=C(NC(C)=S)CCC1. The third-order valence-electron chi connectivity index (χ3n) is 1.85. The van der Waals surface area contributed by atoms with Gasteiger partial charge in [0.25, 0.3) is 0 Å². The van der Waals surface area contributed by atoms with Gasteiger partial charge >= 0.3 is 0 Å². The second-order valence-corrected chi connectivity index (χ2v) is 3.35. The van der Waals surface area contributed by atoms with Crippen molar-refractivity contribution in [3.63, 3.8) is 0 Å². The molecule has 0 aromatic heterocycles. The fourth-order valence-electron chi connectivity index (χ4n) is 1.37. The molecule has 0 saturated heterocycles. The van der Waals surface area contributed by atoms with Gasteiger partial charge in [-0.15, -0.1) is 0 Å². The van der Waals surface area contributed by atoms with Crippen molar-refractivity contribution in [1.82, 2.24) is 10.6 Å². The molecule has 0 atom stereocenters. The van der Waals surface area contributed by atoms with Gasteiger partial charge in [-0.25, -0.2) is 0 Å². The molecular weight excluding hydrogens is 156 g/mol. The first-order valence-corrected chi connectivity index (χ1v) is 4.32. The molecule has 11 heavy (non-hydrogen) atoms. The van der Waals surface area contributed by atoms with E-state index in [4.69, 9.17) is 12.2 Å². The van der Waals surface area contributed by atoms with Gasteiger partial charge in [-0.2, -0.15) is 0 Å². The van der Waals surface area contributed by atoms with Gasteiger partial charge in [0.05, 0.1) is 4.99 Å². The lowest BCUT2D eigenvalue weighted by molar-refractivity contribution is 0.844. The van der Waals surface area contributed by atoms with E-state index >= 15 is 0 Å². The largest absolute Gasteiger partial charge is 0.390 e. The second-order valence-electron chi connectivity index (χ2n) is 2.74. The molecule has 3 heteroatoms. The normalized spacial score (nSPS) is 16.9. The minimum absolute atomic E-state index is 0.856. The standard InChI is InChI=1S/C8H14N2S/c1-6(11)10-8-5-3-4-7(8)9-2/h9H,3-5H2,1-2H3,(H,10,11). The van der Waals surface area contributed by atoms with Crippen molar-refractivity contribution in [1.29, 1.82) is 0 Å². The Labute approximate surface area is 73.1 Å². The Kier molecular flexibility index (Phi) is 2.88. The van der Waals surface area contributed by atoms with Crippen molar-refractivity contribution >= 4 is 17.2 Å². The molecule has 0 bridgehead atoms. The van der Waals surface area contributed by atoms with E-state index in [1.807, 2.05) is 14.0 Å². The third kappa shape index (κ3) is 2.19. The molecule has 2 N–H and O–H groups in total. The first-order valence-electron chi connectivity index (χ1n) is 3.91. The fourth-order valence-corrected chi connectivity index (χ4v) is 1.49. The highest BCUT2D eigenvalue weighted by Gasteiger charge is 2.12. The van der Waals surface area contributed by atoms with E-state index in [-0.39, 0.29) is 0 Å². The van der Waals surface area contributed by atoms with E-state index in [2.05, 4.69) is 10.6 Å². The van der Waals surface area contributed by atoms with Crippen LogP contribution in [0.5, 0.6) is 0 Å². The lowest BCUT2D eigenvalue weighted by Crippen LogP contribution is -2.20. The van der Waals surface area contributed by atoms with Crippen molar-refractivity contribution in [3.8, 4) is 0 Å². The maximum Gasteiger partial charge on any atom is 0.0763 e. The van der Waals surface area contributed by atoms with Gasteiger partial charge in [0.1, 0.15) is 0 Å². The zero-order chi connectivity index (χ0) is 8.27. The molecule has 0 unspecified atom stereocenters. The smallest absolute Gasteiger partial charge is 0.0763 e. The molecule has 62 valence electrons. The number of hydrogen-bond acceptors (Lipinski definition) is 2. The van der Waals surface area contributed by atoms with Crippen LogP contribution in [0.2, 0.25) is 0 Å². The van der Waals surface area contributed by atoms with Crippen LogP contribution in [0.4, 0.5) is 0 Å². The van der Waals surface area contributed by atoms with Crippen molar-refractivity contribution < 1.29 is 0 Å². The van der Waals surface area contributed by atoms with E-state index in [1.54, 1.807) is 0 Å². The van der Waals surface area contributed by atoms with Crippen molar-refractivity contribution in [2.24, 2.45) is 0 Å². The number of hydrogen-bond donors (Lipinski definition) is 2. The summed E-state index contributed by atoms with van der Waals surface area (Å²) in [6, 6.07) is 0. The molecule has 0 aliphatic heterocycles. The lowest BCUT2D eigenvalue weighted by atomic mass is 10.3. The molecule has 1 aliphatic rings. The lowest BCUT2D eigenvalue weighted by Gasteiger charge is -2.07. The molecule has 0 aromatic rings. The predicted octanol–water partition coefficient (Wildman–Crippen LogP) is 1.54. The first kappa shape index (κ1) is 8.53. The van der Waals surface area contributed by atoms with Crippen molar-refractivity contribution in [2.45, 2.75) is 26.2 Å². The fraction of sp³-hybridized carbons (Fsp3) is 0.625. The van der Waals surface area contributed by atoms with E-state index in [1.165, 1.54) is 17.8 Å². The third-order valence-corrected chi connectivity index (χ3v) is 1.95. The summed E-state index contributed by atoms with van der Waals surface area (Å²) in [5, 5.41) is 6.37. The molecule has 1 rings (SSSR count). The maximum absolute atomic E-state index is 4.96. The molecule has 0 heterocycles. The predicted molar refractivity (Wildman–Crippen MR) is 51.3 cm³/mol. The minimum Gasteiger partial charge on any atom is -0.390 e. The van der Waals surface area contributed by atoms with Crippen LogP contribution in [-0.4, -0.2) is 12.0 Å². The number of nitrogens with one attached hydrogen (secondary N) is 2. The first-order chi connectivity index (χ1) is 5.24. The molecule has 0 aromatic carbocycles. The van der Waals surface area contributed by atoms with Gasteiger partial charge in [0, 0.05) is 18.4 Å². The molecule has 2 nitrogen and oxygen atoms in total. The Morgan fingerprint density at radius 2 is 2.00 bits per heavy atom. The Bertz CT molecular complexity index is 196. The Hall–Kier alpha value is -0.570. The number of allylic oxidation sites excluding steroid dienone is 2. The quantitative estimate of drug-likeness (QED) is 0.615. The Morgan fingerprint density at radius 3 is 2.55 bits per heavy atom. The Balaban J connectivity index is 2.59. The van der Waals surface area contributed by atoms with Gasteiger partial charge in [0.2, 0.25) is 0 Å². The summed E-state index contributed by atoms with van der Waals surface area (Å²) in [5.74, 6) is 0. The van der Waals surface area contributed by atoms with E-state index < -0.39 is 0 Å². The summed E-state index contributed by atoms with van der Waals surface area (Å²) >= 11 is 4.96. The van der Waals surface area contributed by atoms with E-state index in [9.17, 15) is 0 Å². The van der Waals surface area contributed by atoms with Crippen LogP contribution in [0.1, 0.15) is 26.2 Å². The van der Waals surface area contributed by atoms with Gasteiger partial charge in [-0.05, 0) is 26.2 Å². The van der Waals surface area contributed by atoms with Crippen LogP contribution in [0, 0.1) is 0 Å². The minimum atomic E-state index is 0.856. The highest BCUT2D eigenvalue weighted by Crippen LogP contribution is 2.21. The summed E-state index contributed by atoms with van der Waals surface area (Å²) in [4.78, 5) is 0.856. The molecule has 0 fully saturated rings. The van der Waals surface area contributed by atoms with Gasteiger partial charge in [0.15, 0.2) is 0 Å². The van der Waals surface area contributed by atoms with Gasteiger partial charge in [-0.3, -0.25) is 0 Å². The summed E-state index contributed by atoms with van der Waals surface area (Å²) in [7, 11) is 1.96. The molecule has 1 aliphatic carbocycles. The average Bonchev–Trinajstić information content (AvgIpc) is 2.34. The van der Waals surface area contributed by atoms with E-state index in [0.717, 1.165) is 17.8 Å². The highest BCUT2D eigenvalue weighted by molar-refractivity contribution is 7.80. The summed E-state index contributed by atoms with van der Waals surface area (Å²) in [6.07, 6.45) is 3.52. The van der Waals surface area contributed by atoms with E-state index in [0.29, 0.717) is 0 Å². The summed E-state index contributed by atoms with van der Waals surface area (Å²) < 4.78 is 0. The molecule has 0 radical (unpaired) electrons. The maximum atomic E-state index is 4.96. The molecular formula is C8H14N2S. The second kappa shape index (κ2) is 3.72. The molecule has 0 saturated carbocycles. The molecule has 0 amide bonds. The van der Waals surface area contributed by atoms with Crippen molar-refractivity contribution in [3.05, 3.63) is 11.4 Å². The van der Waals surface area contributed by atoms with Gasteiger partial charge < -0.3 is 10.6 Å². The van der Waals surface area contributed by atoms with Crippen LogP contribution >= 0.6 is 12.2 Å². The Morgan fingerprint density at radius 1 is 1.36 bits per heavy atom. The zero-order valence-corrected chi connectivity index (χ0v) is 7.85. The van der Waals surface area contributed by atoms with Crippen molar-refractivity contribution in [2.75, 3.05) is 7.05 Å². The average molecular weight is 170 g/mol. The monoisotopic (exact) mass is 170 g/mol. The highest BCUT2D eigenvalue weighted by atomic mass is 32.1. The van der Waals surface area contributed by atoms with Crippen LogP contribution in [0.15, 0.2) is 11.4 Å². The topological polar surface area (TPSA) is 24.1 Å². The van der Waals surface area contributed by atoms with Crippen LogP contribution < -0.4 is 10.6 Å². The van der Waals surface area contributed by atoms with Gasteiger partial charge in [-0.1, -0.05) is 12.2 Å². The number of thiocarbonyl (C=S) groups is 1. The zero-order valence-electron chi connectivity index (χ0n) is 7.03. The van der Waals surface area contributed by atoms with Crippen LogP contribution in [0.25, 0.3) is 0 Å². The summed E-state index contributed by atoms with van der Waals surface area (Å²) in [6.45, 7) is 1.91. The van der Waals surface area contributed by atoms with Crippen LogP contribution in [-0.2, 0) is 0 Å². The molecule has 0 spiro atoms. The summed E-state index contributed by atoms with van der Waals surface area (Å²) in [5.41, 5.74) is 2.59.